The summed E-state index contributed by atoms with van der Waals surface area (Å²) in [7, 11) is 4.64. The van der Waals surface area contributed by atoms with E-state index in [1.165, 1.54) is 0 Å². The van der Waals surface area contributed by atoms with Gasteiger partial charge in [0.15, 0.2) is 0 Å². The predicted molar refractivity (Wildman–Crippen MR) is 185 cm³/mol. The maximum absolute atomic E-state index is 13.8. The van der Waals surface area contributed by atoms with Gasteiger partial charge in [0.25, 0.3) is 33.4 Å². The molecule has 18 nitrogen and oxygen atoms in total. The third-order valence-corrected chi connectivity index (χ3v) is 8.04. The highest BCUT2D eigenvalue weighted by Gasteiger charge is 2.30. The van der Waals surface area contributed by atoms with E-state index < -0.39 is 65.7 Å². The molecule has 51 heavy (non-hydrogen) atoms. The first-order valence-electron chi connectivity index (χ1n) is 16.6. The van der Waals surface area contributed by atoms with Crippen molar-refractivity contribution in [3.63, 3.8) is 0 Å². The molecule has 3 aromatic heterocycles. The molecular formula is C33H45N3O15. The average molecular weight is 724 g/mol. The normalized spacial score (nSPS) is 12.1. The molecule has 0 bridgehead atoms. The van der Waals surface area contributed by atoms with Crippen molar-refractivity contribution in [1.29, 1.82) is 0 Å². The van der Waals surface area contributed by atoms with Crippen LogP contribution in [0.15, 0.2) is 28.8 Å². The molecule has 0 N–H and O–H groups in total. The highest BCUT2D eigenvalue weighted by molar-refractivity contribution is 6.25. The van der Waals surface area contributed by atoms with Crippen molar-refractivity contribution in [2.45, 2.75) is 19.6 Å². The Morgan fingerprint density at radius 2 is 0.471 bits per heavy atom. The topological polar surface area (TPSA) is 200 Å². The minimum absolute atomic E-state index is 0.0689. The fourth-order valence-electron chi connectivity index (χ4n) is 5.59. The van der Waals surface area contributed by atoms with E-state index in [-0.39, 0.29) is 79.1 Å². The summed E-state index contributed by atoms with van der Waals surface area (Å²) < 4.78 is 49.9. The van der Waals surface area contributed by atoms with E-state index in [9.17, 15) is 28.8 Å². The van der Waals surface area contributed by atoms with Crippen LogP contribution in [0.1, 0.15) is 0 Å². The summed E-state index contributed by atoms with van der Waals surface area (Å²) in [6.07, 6.45) is 0. The highest BCUT2D eigenvalue weighted by Crippen LogP contribution is 2.25. The molecule has 0 saturated carbocycles. The van der Waals surface area contributed by atoms with Gasteiger partial charge < -0.3 is 42.6 Å². The van der Waals surface area contributed by atoms with E-state index in [0.717, 1.165) is 13.7 Å². The number of aromatic nitrogens is 3. The zero-order valence-corrected chi connectivity index (χ0v) is 29.2. The zero-order chi connectivity index (χ0) is 36.8. The van der Waals surface area contributed by atoms with E-state index in [1.54, 1.807) is 21.3 Å². The average Bonchev–Trinajstić information content (AvgIpc) is 3.62. The molecule has 0 aliphatic heterocycles. The second-order valence-electron chi connectivity index (χ2n) is 11.2. The monoisotopic (exact) mass is 723 g/mol. The van der Waals surface area contributed by atoms with Crippen LogP contribution in [0, 0.1) is 0 Å². The minimum Gasteiger partial charge on any atom is -0.382 e. The molecule has 0 amide bonds. The summed E-state index contributed by atoms with van der Waals surface area (Å²) in [5.74, 6) is 0. The molecule has 0 atom stereocenters. The van der Waals surface area contributed by atoms with Crippen LogP contribution in [0.5, 0.6) is 0 Å². The molecular weight excluding hydrogens is 678 g/mol. The summed E-state index contributed by atoms with van der Waals surface area (Å²) in [6, 6.07) is 0. The van der Waals surface area contributed by atoms with Crippen molar-refractivity contribution >= 4 is 32.3 Å². The number of rotatable bonds is 27. The summed E-state index contributed by atoms with van der Waals surface area (Å²) in [6.45, 7) is 2.75. The molecule has 0 spiro atoms. The predicted octanol–water partition coefficient (Wildman–Crippen LogP) is -1.94. The van der Waals surface area contributed by atoms with Crippen molar-refractivity contribution in [3.05, 3.63) is 62.1 Å². The van der Waals surface area contributed by atoms with E-state index >= 15 is 0 Å². The molecule has 3 heterocycles. The SMILES string of the molecule is COCCOCCOCCn1c(=O)c2c3c(=O)n(CCOCCOCCOC)c(=O)c3c3c(=O)n(CCOCCOCCOC)c(=O)c3c2c1=O. The van der Waals surface area contributed by atoms with Crippen molar-refractivity contribution in [3.8, 4) is 0 Å². The van der Waals surface area contributed by atoms with Crippen molar-refractivity contribution in [1.82, 2.24) is 13.7 Å². The van der Waals surface area contributed by atoms with Gasteiger partial charge in [0.1, 0.15) is 0 Å². The Balaban J connectivity index is 1.70. The Kier molecular flexibility index (Phi) is 16.0. The first kappa shape index (κ1) is 40.1. The molecule has 4 aromatic rings. The number of methoxy groups -OCH3 is 3. The van der Waals surface area contributed by atoms with Gasteiger partial charge in [-0.05, 0) is 0 Å². The van der Waals surface area contributed by atoms with Crippen LogP contribution in [0.25, 0.3) is 32.3 Å². The lowest BCUT2D eigenvalue weighted by atomic mass is 10.0. The van der Waals surface area contributed by atoms with Gasteiger partial charge in [0.05, 0.1) is 151 Å². The van der Waals surface area contributed by atoms with Crippen LogP contribution in [0.3, 0.4) is 0 Å². The minimum atomic E-state index is -0.878. The zero-order valence-electron chi connectivity index (χ0n) is 29.2. The summed E-state index contributed by atoms with van der Waals surface area (Å²) in [5.41, 5.74) is -5.27. The molecule has 0 radical (unpaired) electrons. The molecule has 4 rings (SSSR count). The van der Waals surface area contributed by atoms with Crippen LogP contribution in [-0.4, -0.2) is 134 Å². The number of ether oxygens (including phenoxy) is 9. The van der Waals surface area contributed by atoms with Gasteiger partial charge in [-0.2, -0.15) is 0 Å². The Bertz CT molecular complexity index is 1660. The van der Waals surface area contributed by atoms with E-state index in [4.69, 9.17) is 42.6 Å². The van der Waals surface area contributed by atoms with Gasteiger partial charge in [-0.1, -0.05) is 0 Å². The molecule has 0 aliphatic rings. The second kappa shape index (κ2) is 20.4. The van der Waals surface area contributed by atoms with Gasteiger partial charge in [-0.15, -0.1) is 0 Å². The Labute approximate surface area is 290 Å². The third-order valence-electron chi connectivity index (χ3n) is 8.04. The van der Waals surface area contributed by atoms with Gasteiger partial charge in [0, 0.05) is 21.3 Å². The maximum atomic E-state index is 13.8. The molecule has 18 heteroatoms. The third kappa shape index (κ3) is 9.39. The lowest BCUT2D eigenvalue weighted by Gasteiger charge is -2.05. The second-order valence-corrected chi connectivity index (χ2v) is 11.2. The highest BCUT2D eigenvalue weighted by atomic mass is 16.6. The van der Waals surface area contributed by atoms with Crippen molar-refractivity contribution in [2.75, 3.05) is 120 Å². The van der Waals surface area contributed by atoms with Crippen LogP contribution >= 0.6 is 0 Å². The standard InChI is InChI=1S/C33H45N3O15/c1-43-10-13-49-19-16-46-7-4-34-28(37)22-23(29(34)38)25-27(33(42)36(31(25)40)6-9-48-18-21-51-15-12-45-3)26-24(22)30(39)35(32(26)41)5-8-47-17-20-50-14-11-44-2/h4-21H2,1-3H3. The fourth-order valence-corrected chi connectivity index (χ4v) is 5.59. The Hall–Kier alpha value is -3.72. The van der Waals surface area contributed by atoms with Crippen LogP contribution in [0.2, 0.25) is 0 Å². The molecule has 0 unspecified atom stereocenters. The van der Waals surface area contributed by atoms with Crippen molar-refractivity contribution in [2.24, 2.45) is 0 Å². The molecule has 0 saturated heterocycles. The van der Waals surface area contributed by atoms with Crippen LogP contribution < -0.4 is 33.4 Å². The lowest BCUT2D eigenvalue weighted by Crippen LogP contribution is -2.29. The van der Waals surface area contributed by atoms with E-state index in [2.05, 4.69) is 0 Å². The first-order chi connectivity index (χ1) is 24.8. The molecule has 282 valence electrons. The summed E-state index contributed by atoms with van der Waals surface area (Å²) in [5, 5.41) is -2.35. The van der Waals surface area contributed by atoms with Crippen molar-refractivity contribution < 1.29 is 42.6 Å². The van der Waals surface area contributed by atoms with Gasteiger partial charge in [-0.3, -0.25) is 42.5 Å². The Morgan fingerprint density at radius 3 is 0.667 bits per heavy atom. The first-order valence-corrected chi connectivity index (χ1v) is 16.6. The van der Waals surface area contributed by atoms with Crippen LogP contribution in [-0.2, 0) is 62.3 Å². The molecule has 1 aromatic carbocycles. The number of benzene rings is 1. The summed E-state index contributed by atoms with van der Waals surface area (Å²) >= 11 is 0. The smallest absolute Gasteiger partial charge is 0.262 e. The van der Waals surface area contributed by atoms with Gasteiger partial charge in [0.2, 0.25) is 0 Å². The maximum Gasteiger partial charge on any atom is 0.262 e. The van der Waals surface area contributed by atoms with Gasteiger partial charge >= 0.3 is 0 Å². The Morgan fingerprint density at radius 1 is 0.294 bits per heavy atom. The number of hydrogen-bond donors (Lipinski definition) is 0. The molecule has 0 fully saturated rings. The van der Waals surface area contributed by atoms with Gasteiger partial charge in [-0.25, -0.2) is 0 Å². The van der Waals surface area contributed by atoms with E-state index in [0.29, 0.717) is 39.6 Å². The number of hydrogen-bond acceptors (Lipinski definition) is 15. The number of fused-ring (bicyclic) bond motifs is 6. The summed E-state index contributed by atoms with van der Waals surface area (Å²) in [4.78, 5) is 82.9. The van der Waals surface area contributed by atoms with E-state index in [1.807, 2.05) is 0 Å². The van der Waals surface area contributed by atoms with Crippen LogP contribution in [0.4, 0.5) is 0 Å². The largest absolute Gasteiger partial charge is 0.382 e. The number of nitrogens with zero attached hydrogens (tertiary/aromatic N) is 3. The lowest BCUT2D eigenvalue weighted by molar-refractivity contribution is 0.0228. The fraction of sp³-hybridized carbons (Fsp3) is 0.636. The molecule has 0 aliphatic carbocycles. The quantitative estimate of drug-likeness (QED) is 0.0616.